The predicted molar refractivity (Wildman–Crippen MR) is 66.4 cm³/mol. The zero-order valence-electron chi connectivity index (χ0n) is 10.3. The lowest BCUT2D eigenvalue weighted by Gasteiger charge is -2.47. The third-order valence-corrected chi connectivity index (χ3v) is 3.92. The fourth-order valence-corrected chi connectivity index (χ4v) is 2.57. The van der Waals surface area contributed by atoms with E-state index in [0.717, 1.165) is 39.0 Å². The van der Waals surface area contributed by atoms with Gasteiger partial charge in [-0.15, -0.1) is 0 Å². The van der Waals surface area contributed by atoms with Crippen LogP contribution in [0.4, 0.5) is 4.79 Å². The van der Waals surface area contributed by atoms with Gasteiger partial charge in [-0.05, 0) is 30.4 Å². The molecule has 2 aliphatic rings. The Kier molecular flexibility index (Phi) is 2.91. The number of nitrogens with zero attached hydrogens (tertiary/aromatic N) is 2. The molecule has 0 radical (unpaired) electrons. The SMILES string of the molecule is O=C(Oc1cccnc1)N1CCC2(CC1)CNC2. The van der Waals surface area contributed by atoms with Crippen LogP contribution in [-0.4, -0.2) is 42.2 Å². The van der Waals surface area contributed by atoms with Gasteiger partial charge in [0.1, 0.15) is 0 Å². The lowest BCUT2D eigenvalue weighted by atomic mass is 9.73. The fraction of sp³-hybridized carbons (Fsp3) is 0.538. The molecule has 1 aromatic rings. The summed E-state index contributed by atoms with van der Waals surface area (Å²) in [4.78, 5) is 17.7. The van der Waals surface area contributed by atoms with Gasteiger partial charge in [-0.2, -0.15) is 0 Å². The van der Waals surface area contributed by atoms with E-state index in [0.29, 0.717) is 11.2 Å². The molecule has 18 heavy (non-hydrogen) atoms. The third-order valence-electron chi connectivity index (χ3n) is 3.92. The molecule has 96 valence electrons. The zero-order chi connectivity index (χ0) is 12.4. The summed E-state index contributed by atoms with van der Waals surface area (Å²) in [5.74, 6) is 0.507. The molecule has 5 nitrogen and oxygen atoms in total. The van der Waals surface area contributed by atoms with E-state index < -0.39 is 0 Å². The number of aromatic nitrogens is 1. The standard InChI is InChI=1S/C13H17N3O2/c17-12(18-11-2-1-5-14-8-11)16-6-3-13(4-7-16)9-15-10-13/h1-2,5,8,15H,3-4,6-7,9-10H2. The average molecular weight is 247 g/mol. The van der Waals surface area contributed by atoms with Crippen LogP contribution < -0.4 is 10.1 Å². The van der Waals surface area contributed by atoms with Crippen molar-refractivity contribution in [2.24, 2.45) is 5.41 Å². The monoisotopic (exact) mass is 247 g/mol. The summed E-state index contributed by atoms with van der Waals surface area (Å²) >= 11 is 0. The molecule has 0 saturated carbocycles. The molecule has 0 atom stereocenters. The van der Waals surface area contributed by atoms with E-state index in [1.165, 1.54) is 0 Å². The molecular formula is C13H17N3O2. The molecule has 3 rings (SSSR count). The van der Waals surface area contributed by atoms with Gasteiger partial charge >= 0.3 is 6.09 Å². The number of pyridine rings is 1. The quantitative estimate of drug-likeness (QED) is 0.812. The van der Waals surface area contributed by atoms with Crippen molar-refractivity contribution in [3.8, 4) is 5.75 Å². The topological polar surface area (TPSA) is 54.5 Å². The predicted octanol–water partition coefficient (Wildman–Crippen LogP) is 1.27. The van der Waals surface area contributed by atoms with Crippen molar-refractivity contribution in [3.63, 3.8) is 0 Å². The summed E-state index contributed by atoms with van der Waals surface area (Å²) in [6.07, 6.45) is 5.10. The Morgan fingerprint density at radius 3 is 2.72 bits per heavy atom. The molecule has 1 N–H and O–H groups in total. The number of ether oxygens (including phenoxy) is 1. The number of amides is 1. The molecule has 0 unspecified atom stereocenters. The van der Waals surface area contributed by atoms with Gasteiger partial charge in [0, 0.05) is 32.4 Å². The van der Waals surface area contributed by atoms with Crippen LogP contribution in [0.1, 0.15) is 12.8 Å². The van der Waals surface area contributed by atoms with Crippen molar-refractivity contribution in [2.45, 2.75) is 12.8 Å². The Morgan fingerprint density at radius 2 is 2.17 bits per heavy atom. The van der Waals surface area contributed by atoms with E-state index in [1.54, 1.807) is 29.4 Å². The number of carbonyl (C=O) groups excluding carboxylic acids is 1. The van der Waals surface area contributed by atoms with Crippen LogP contribution in [0.3, 0.4) is 0 Å². The Morgan fingerprint density at radius 1 is 1.39 bits per heavy atom. The van der Waals surface area contributed by atoms with Crippen LogP contribution in [0.2, 0.25) is 0 Å². The molecule has 2 fully saturated rings. The van der Waals surface area contributed by atoms with Crippen LogP contribution >= 0.6 is 0 Å². The smallest absolute Gasteiger partial charge is 0.409 e. The lowest BCUT2D eigenvalue weighted by Crippen LogP contribution is -2.59. The first kappa shape index (κ1) is 11.5. The van der Waals surface area contributed by atoms with Gasteiger partial charge in [-0.1, -0.05) is 0 Å². The van der Waals surface area contributed by atoms with Gasteiger partial charge in [0.25, 0.3) is 0 Å². The lowest BCUT2D eigenvalue weighted by molar-refractivity contribution is 0.0569. The van der Waals surface area contributed by atoms with Gasteiger partial charge in [0.2, 0.25) is 0 Å². The second kappa shape index (κ2) is 4.57. The number of piperidine rings is 1. The molecule has 1 aromatic heterocycles. The minimum Gasteiger partial charge on any atom is -0.409 e. The van der Waals surface area contributed by atoms with Crippen molar-refractivity contribution in [3.05, 3.63) is 24.5 Å². The minimum absolute atomic E-state index is 0.259. The molecular weight excluding hydrogens is 230 g/mol. The second-order valence-electron chi connectivity index (χ2n) is 5.15. The first-order valence-corrected chi connectivity index (χ1v) is 6.35. The largest absolute Gasteiger partial charge is 0.415 e. The molecule has 1 spiro atoms. The number of rotatable bonds is 1. The number of likely N-dealkylation sites (tertiary alicyclic amines) is 1. The highest BCUT2D eigenvalue weighted by Crippen LogP contribution is 2.35. The van der Waals surface area contributed by atoms with Crippen molar-refractivity contribution in [1.82, 2.24) is 15.2 Å². The molecule has 0 aliphatic carbocycles. The maximum absolute atomic E-state index is 11.9. The number of carbonyl (C=O) groups is 1. The molecule has 0 bridgehead atoms. The Hall–Kier alpha value is -1.62. The van der Waals surface area contributed by atoms with Gasteiger partial charge in [-0.3, -0.25) is 4.98 Å². The van der Waals surface area contributed by atoms with Crippen molar-refractivity contribution < 1.29 is 9.53 Å². The molecule has 0 aromatic carbocycles. The number of nitrogens with one attached hydrogen (secondary N) is 1. The van der Waals surface area contributed by atoms with Crippen LogP contribution in [0.5, 0.6) is 5.75 Å². The molecule has 2 saturated heterocycles. The maximum atomic E-state index is 11.9. The van der Waals surface area contributed by atoms with Crippen molar-refractivity contribution in [1.29, 1.82) is 0 Å². The summed E-state index contributed by atoms with van der Waals surface area (Å²) in [5.41, 5.74) is 0.449. The number of hydrogen-bond acceptors (Lipinski definition) is 4. The van der Waals surface area contributed by atoms with Gasteiger partial charge in [0.15, 0.2) is 5.75 Å². The molecule has 2 aliphatic heterocycles. The Bertz CT molecular complexity index is 421. The zero-order valence-corrected chi connectivity index (χ0v) is 10.3. The van der Waals surface area contributed by atoms with Crippen LogP contribution in [-0.2, 0) is 0 Å². The van der Waals surface area contributed by atoms with E-state index >= 15 is 0 Å². The summed E-state index contributed by atoms with van der Waals surface area (Å²) in [7, 11) is 0. The van der Waals surface area contributed by atoms with Gasteiger partial charge in [-0.25, -0.2) is 4.79 Å². The Balaban J connectivity index is 1.54. The number of hydrogen-bond donors (Lipinski definition) is 1. The molecule has 5 heteroatoms. The molecule has 3 heterocycles. The Labute approximate surface area is 106 Å². The molecule has 1 amide bonds. The second-order valence-corrected chi connectivity index (χ2v) is 5.15. The van der Waals surface area contributed by atoms with Gasteiger partial charge in [0.05, 0.1) is 6.20 Å². The van der Waals surface area contributed by atoms with Gasteiger partial charge < -0.3 is 15.0 Å². The highest BCUT2D eigenvalue weighted by molar-refractivity contribution is 5.70. The fourth-order valence-electron chi connectivity index (χ4n) is 2.57. The van der Waals surface area contributed by atoms with Crippen LogP contribution in [0, 0.1) is 5.41 Å². The van der Waals surface area contributed by atoms with Crippen molar-refractivity contribution in [2.75, 3.05) is 26.2 Å². The third kappa shape index (κ3) is 2.18. The van der Waals surface area contributed by atoms with Crippen LogP contribution in [0.25, 0.3) is 0 Å². The van der Waals surface area contributed by atoms with Crippen LogP contribution in [0.15, 0.2) is 24.5 Å². The summed E-state index contributed by atoms with van der Waals surface area (Å²) in [6.45, 7) is 3.78. The van der Waals surface area contributed by atoms with E-state index in [-0.39, 0.29) is 6.09 Å². The average Bonchev–Trinajstić information content (AvgIpc) is 2.38. The van der Waals surface area contributed by atoms with E-state index in [9.17, 15) is 4.79 Å². The summed E-state index contributed by atoms with van der Waals surface area (Å²) in [6, 6.07) is 3.50. The first-order chi connectivity index (χ1) is 8.77. The highest BCUT2D eigenvalue weighted by atomic mass is 16.6. The normalized spacial score (nSPS) is 21.4. The maximum Gasteiger partial charge on any atom is 0.415 e. The highest BCUT2D eigenvalue weighted by Gasteiger charge is 2.40. The van der Waals surface area contributed by atoms with Crippen molar-refractivity contribution >= 4 is 6.09 Å². The first-order valence-electron chi connectivity index (χ1n) is 6.35. The summed E-state index contributed by atoms with van der Waals surface area (Å²) in [5, 5.41) is 3.31. The minimum atomic E-state index is -0.259. The van der Waals surface area contributed by atoms with E-state index in [1.807, 2.05) is 0 Å². The summed E-state index contributed by atoms with van der Waals surface area (Å²) < 4.78 is 5.28. The van der Waals surface area contributed by atoms with E-state index in [2.05, 4.69) is 10.3 Å². The van der Waals surface area contributed by atoms with E-state index in [4.69, 9.17) is 4.74 Å².